The molecule has 2 amide bonds. The third-order valence-corrected chi connectivity index (χ3v) is 2.81. The van der Waals surface area contributed by atoms with Crippen LogP contribution in [0.2, 0.25) is 0 Å². The van der Waals surface area contributed by atoms with Crippen LogP contribution in [0.5, 0.6) is 5.75 Å². The van der Waals surface area contributed by atoms with Gasteiger partial charge in [-0.1, -0.05) is 12.7 Å². The Bertz CT molecular complexity index is 536. The van der Waals surface area contributed by atoms with Crippen LogP contribution in [0.4, 0.5) is 5.69 Å². The highest BCUT2D eigenvalue weighted by Gasteiger charge is 2.25. The summed E-state index contributed by atoms with van der Waals surface area (Å²) in [7, 11) is 0. The lowest BCUT2D eigenvalue weighted by atomic mass is 10.1. The number of carbonyl (C=O) groups excluding carboxylic acids is 2. The van der Waals surface area contributed by atoms with Gasteiger partial charge in [0.05, 0.1) is 5.56 Å². The lowest BCUT2D eigenvalue weighted by Gasteiger charge is -2.12. The number of carbonyl (C=O) groups is 2. The van der Waals surface area contributed by atoms with E-state index < -0.39 is 0 Å². The summed E-state index contributed by atoms with van der Waals surface area (Å²) in [5.74, 6) is 0.120. The minimum absolute atomic E-state index is 0.182. The zero-order valence-electron chi connectivity index (χ0n) is 11.4. The zero-order chi connectivity index (χ0) is 14.5. The number of hydrogen-bond donors (Lipinski definition) is 2. The molecule has 0 spiro atoms. The average Bonchev–Trinajstić information content (AvgIpc) is 3.20. The van der Waals surface area contributed by atoms with Gasteiger partial charge in [-0.3, -0.25) is 9.59 Å². The van der Waals surface area contributed by atoms with Crippen molar-refractivity contribution in [2.75, 3.05) is 11.9 Å². The largest absolute Gasteiger partial charge is 0.489 e. The number of benzene rings is 1. The van der Waals surface area contributed by atoms with Crippen LogP contribution in [0.3, 0.4) is 0 Å². The second kappa shape index (κ2) is 6.23. The van der Waals surface area contributed by atoms with Gasteiger partial charge in [-0.15, -0.1) is 0 Å². The van der Waals surface area contributed by atoms with Gasteiger partial charge in [-0.05, 0) is 31.0 Å². The van der Waals surface area contributed by atoms with E-state index in [2.05, 4.69) is 17.2 Å². The lowest BCUT2D eigenvalue weighted by molar-refractivity contribution is -0.114. The number of amides is 2. The van der Waals surface area contributed by atoms with Gasteiger partial charge in [0.1, 0.15) is 12.4 Å². The maximum Gasteiger partial charge on any atom is 0.255 e. The molecule has 1 aromatic carbocycles. The van der Waals surface area contributed by atoms with Crippen molar-refractivity contribution in [1.29, 1.82) is 0 Å². The smallest absolute Gasteiger partial charge is 0.255 e. The molecule has 0 heterocycles. The third kappa shape index (κ3) is 3.85. The molecule has 1 aliphatic carbocycles. The molecule has 0 bridgehead atoms. The molecule has 1 aromatic rings. The molecule has 0 aromatic heterocycles. The summed E-state index contributed by atoms with van der Waals surface area (Å²) in [6.07, 6.45) is 3.64. The van der Waals surface area contributed by atoms with E-state index in [9.17, 15) is 9.59 Å². The van der Waals surface area contributed by atoms with E-state index in [-0.39, 0.29) is 17.9 Å². The number of anilines is 1. The molecule has 1 fully saturated rings. The average molecular weight is 274 g/mol. The predicted octanol–water partition coefficient (Wildman–Crippen LogP) is 2.10. The summed E-state index contributed by atoms with van der Waals surface area (Å²) < 4.78 is 5.48. The Morgan fingerprint density at radius 3 is 2.80 bits per heavy atom. The topological polar surface area (TPSA) is 67.4 Å². The molecular weight excluding hydrogens is 256 g/mol. The number of hydrogen-bond acceptors (Lipinski definition) is 3. The van der Waals surface area contributed by atoms with E-state index in [0.29, 0.717) is 23.6 Å². The van der Waals surface area contributed by atoms with E-state index in [0.717, 1.165) is 12.8 Å². The van der Waals surface area contributed by atoms with Crippen molar-refractivity contribution in [3.8, 4) is 5.75 Å². The first-order valence-corrected chi connectivity index (χ1v) is 6.56. The zero-order valence-corrected chi connectivity index (χ0v) is 11.4. The summed E-state index contributed by atoms with van der Waals surface area (Å²) in [6, 6.07) is 5.26. The Kier molecular flexibility index (Phi) is 4.40. The molecule has 1 aliphatic rings. The van der Waals surface area contributed by atoms with E-state index in [4.69, 9.17) is 4.74 Å². The van der Waals surface area contributed by atoms with Crippen LogP contribution >= 0.6 is 0 Å². The van der Waals surface area contributed by atoms with Crippen molar-refractivity contribution >= 4 is 17.5 Å². The minimum Gasteiger partial charge on any atom is -0.489 e. The molecular formula is C15H18N2O3. The Morgan fingerprint density at radius 2 is 2.20 bits per heavy atom. The first-order chi connectivity index (χ1) is 9.60. The minimum atomic E-state index is -0.182. The fourth-order valence-corrected chi connectivity index (χ4v) is 1.75. The second-order valence-corrected chi connectivity index (χ2v) is 4.74. The molecule has 0 saturated heterocycles. The van der Waals surface area contributed by atoms with E-state index in [1.165, 1.54) is 6.92 Å². The van der Waals surface area contributed by atoms with Crippen LogP contribution in [0.1, 0.15) is 30.1 Å². The summed E-state index contributed by atoms with van der Waals surface area (Å²) in [4.78, 5) is 23.3. The summed E-state index contributed by atoms with van der Waals surface area (Å²) in [5, 5.41) is 5.57. The third-order valence-electron chi connectivity index (χ3n) is 2.81. The van der Waals surface area contributed by atoms with Gasteiger partial charge >= 0.3 is 0 Å². The molecule has 2 N–H and O–H groups in total. The van der Waals surface area contributed by atoms with Crippen molar-refractivity contribution in [1.82, 2.24) is 5.32 Å². The van der Waals surface area contributed by atoms with Crippen molar-refractivity contribution in [2.45, 2.75) is 25.8 Å². The molecule has 0 atom stereocenters. The SMILES string of the molecule is C=CCOc1ccc(NC(C)=O)cc1C(=O)NC1CC1. The van der Waals surface area contributed by atoms with E-state index in [1.807, 2.05) is 0 Å². The van der Waals surface area contributed by atoms with Crippen molar-refractivity contribution in [3.63, 3.8) is 0 Å². The molecule has 106 valence electrons. The van der Waals surface area contributed by atoms with Crippen LogP contribution < -0.4 is 15.4 Å². The molecule has 5 nitrogen and oxygen atoms in total. The van der Waals surface area contributed by atoms with Gasteiger partial charge in [0.15, 0.2) is 0 Å². The van der Waals surface area contributed by atoms with Crippen LogP contribution in [0, 0.1) is 0 Å². The second-order valence-electron chi connectivity index (χ2n) is 4.74. The van der Waals surface area contributed by atoms with Crippen molar-refractivity contribution in [2.24, 2.45) is 0 Å². The van der Waals surface area contributed by atoms with Gasteiger partial charge in [0.2, 0.25) is 5.91 Å². The Balaban J connectivity index is 2.22. The summed E-state index contributed by atoms with van der Waals surface area (Å²) in [6.45, 7) is 5.33. The Labute approximate surface area is 118 Å². The van der Waals surface area contributed by atoms with Gasteiger partial charge < -0.3 is 15.4 Å². The van der Waals surface area contributed by atoms with Gasteiger partial charge in [-0.2, -0.15) is 0 Å². The summed E-state index contributed by atoms with van der Waals surface area (Å²) in [5.41, 5.74) is 0.995. The van der Waals surface area contributed by atoms with E-state index in [1.54, 1.807) is 24.3 Å². The van der Waals surface area contributed by atoms with Gasteiger partial charge in [0.25, 0.3) is 5.91 Å². The first kappa shape index (κ1) is 14.1. The van der Waals surface area contributed by atoms with Crippen molar-refractivity contribution < 1.29 is 14.3 Å². The normalized spacial score (nSPS) is 13.4. The van der Waals surface area contributed by atoms with Crippen LogP contribution in [-0.2, 0) is 4.79 Å². The van der Waals surface area contributed by atoms with Crippen LogP contribution in [-0.4, -0.2) is 24.5 Å². The molecule has 1 saturated carbocycles. The molecule has 2 rings (SSSR count). The van der Waals surface area contributed by atoms with Crippen molar-refractivity contribution in [3.05, 3.63) is 36.4 Å². The monoisotopic (exact) mass is 274 g/mol. The standard InChI is InChI=1S/C15H18N2O3/c1-3-8-20-14-7-6-12(16-10(2)18)9-13(14)15(19)17-11-4-5-11/h3,6-7,9,11H,1,4-5,8H2,2H3,(H,16,18)(H,17,19). The summed E-state index contributed by atoms with van der Waals surface area (Å²) >= 11 is 0. The van der Waals surface area contributed by atoms with E-state index >= 15 is 0 Å². The number of rotatable bonds is 6. The lowest BCUT2D eigenvalue weighted by Crippen LogP contribution is -2.26. The molecule has 0 radical (unpaired) electrons. The molecule has 20 heavy (non-hydrogen) atoms. The molecule has 0 aliphatic heterocycles. The van der Waals surface area contributed by atoms with Gasteiger partial charge in [0, 0.05) is 18.7 Å². The molecule has 0 unspecified atom stereocenters. The highest BCUT2D eigenvalue weighted by atomic mass is 16.5. The Morgan fingerprint density at radius 1 is 1.45 bits per heavy atom. The highest BCUT2D eigenvalue weighted by molar-refractivity contribution is 5.99. The molecule has 5 heteroatoms. The number of ether oxygens (including phenoxy) is 1. The maximum atomic E-state index is 12.2. The fraction of sp³-hybridized carbons (Fsp3) is 0.333. The van der Waals surface area contributed by atoms with Crippen LogP contribution in [0.25, 0.3) is 0 Å². The predicted molar refractivity (Wildman–Crippen MR) is 76.9 cm³/mol. The fourth-order valence-electron chi connectivity index (χ4n) is 1.75. The maximum absolute atomic E-state index is 12.2. The quantitative estimate of drug-likeness (QED) is 0.781. The Hall–Kier alpha value is -2.30. The number of nitrogens with one attached hydrogen (secondary N) is 2. The highest BCUT2D eigenvalue weighted by Crippen LogP contribution is 2.25. The van der Waals surface area contributed by atoms with Crippen LogP contribution in [0.15, 0.2) is 30.9 Å². The van der Waals surface area contributed by atoms with Gasteiger partial charge in [-0.25, -0.2) is 0 Å². The first-order valence-electron chi connectivity index (χ1n) is 6.56.